The van der Waals surface area contributed by atoms with Crippen molar-refractivity contribution < 1.29 is 9.59 Å². The summed E-state index contributed by atoms with van der Waals surface area (Å²) in [6, 6.07) is 7.55. The number of imidazole rings is 1. The molecule has 3 heterocycles. The Morgan fingerprint density at radius 1 is 1.21 bits per heavy atom. The summed E-state index contributed by atoms with van der Waals surface area (Å²) in [4.78, 5) is 43.3. The van der Waals surface area contributed by atoms with Gasteiger partial charge in [-0.1, -0.05) is 12.1 Å². The van der Waals surface area contributed by atoms with Crippen LogP contribution in [0.15, 0.2) is 36.7 Å². The highest BCUT2D eigenvalue weighted by Gasteiger charge is 2.51. The van der Waals surface area contributed by atoms with E-state index in [2.05, 4.69) is 25.3 Å². The molecule has 8 nitrogen and oxygen atoms in total. The molecule has 1 aromatic carbocycles. The smallest absolute Gasteiger partial charge is 0.287 e. The number of aromatic nitrogens is 4. The second kappa shape index (κ2) is 5.85. The maximum absolute atomic E-state index is 12.9. The Labute approximate surface area is 161 Å². The minimum atomic E-state index is -0.674. The first-order valence-electron chi connectivity index (χ1n) is 9.36. The summed E-state index contributed by atoms with van der Waals surface area (Å²) >= 11 is 0. The van der Waals surface area contributed by atoms with Gasteiger partial charge in [0.15, 0.2) is 11.6 Å². The van der Waals surface area contributed by atoms with Gasteiger partial charge in [0.1, 0.15) is 0 Å². The molecule has 0 bridgehead atoms. The van der Waals surface area contributed by atoms with E-state index in [1.807, 2.05) is 38.1 Å². The predicted molar refractivity (Wildman–Crippen MR) is 103 cm³/mol. The number of nitrogens with one attached hydrogen (secondary N) is 2. The molecular formula is C20H20N6O2. The van der Waals surface area contributed by atoms with Crippen molar-refractivity contribution in [3.05, 3.63) is 48.2 Å². The van der Waals surface area contributed by atoms with E-state index < -0.39 is 5.41 Å². The molecule has 142 valence electrons. The fourth-order valence-corrected chi connectivity index (χ4v) is 4.02. The standard InChI is InChI=1S/C20H20N6O2/c1-20(2)15-17(22-8-7-21-15)26(19(20)28)12-9-11(10-12)23-18(27)16-24-13-5-3-4-6-14(13)25-16/h3-8,11-12H,9-10H2,1-2H3,(H,23,27)(H,24,25)/t11-,12+. The summed E-state index contributed by atoms with van der Waals surface area (Å²) in [5.74, 6) is 0.734. The van der Waals surface area contributed by atoms with E-state index in [0.717, 1.165) is 16.7 Å². The molecule has 28 heavy (non-hydrogen) atoms. The van der Waals surface area contributed by atoms with Crippen LogP contribution < -0.4 is 10.2 Å². The van der Waals surface area contributed by atoms with Gasteiger partial charge in [0.2, 0.25) is 5.91 Å². The van der Waals surface area contributed by atoms with Crippen molar-refractivity contribution in [3.63, 3.8) is 0 Å². The van der Waals surface area contributed by atoms with Gasteiger partial charge in [-0.3, -0.25) is 19.5 Å². The van der Waals surface area contributed by atoms with Crippen LogP contribution in [0.3, 0.4) is 0 Å². The average Bonchev–Trinajstić information content (AvgIpc) is 3.17. The van der Waals surface area contributed by atoms with Crippen LogP contribution in [0, 0.1) is 0 Å². The Kier molecular flexibility index (Phi) is 3.52. The topological polar surface area (TPSA) is 104 Å². The Balaban J connectivity index is 1.28. The van der Waals surface area contributed by atoms with Gasteiger partial charge in [0, 0.05) is 24.5 Å². The third-order valence-corrected chi connectivity index (χ3v) is 5.67. The monoisotopic (exact) mass is 376 g/mol. The maximum Gasteiger partial charge on any atom is 0.287 e. The number of rotatable bonds is 3. The number of nitrogens with zero attached hydrogens (tertiary/aromatic N) is 4. The third-order valence-electron chi connectivity index (χ3n) is 5.67. The second-order valence-electron chi connectivity index (χ2n) is 7.93. The van der Waals surface area contributed by atoms with E-state index in [1.165, 1.54) is 0 Å². The number of aromatic amines is 1. The zero-order valence-corrected chi connectivity index (χ0v) is 15.6. The van der Waals surface area contributed by atoms with E-state index >= 15 is 0 Å². The van der Waals surface area contributed by atoms with Gasteiger partial charge < -0.3 is 10.3 Å². The quantitative estimate of drug-likeness (QED) is 0.727. The number of benzene rings is 1. The summed E-state index contributed by atoms with van der Waals surface area (Å²) in [5.41, 5.74) is 1.64. The van der Waals surface area contributed by atoms with Crippen molar-refractivity contribution >= 4 is 28.7 Å². The van der Waals surface area contributed by atoms with Crippen molar-refractivity contribution in [2.45, 2.75) is 44.2 Å². The van der Waals surface area contributed by atoms with Crippen LogP contribution in [-0.4, -0.2) is 43.8 Å². The van der Waals surface area contributed by atoms with Crippen LogP contribution in [0.25, 0.3) is 11.0 Å². The largest absolute Gasteiger partial charge is 0.346 e. The second-order valence-corrected chi connectivity index (χ2v) is 7.93. The lowest BCUT2D eigenvalue weighted by molar-refractivity contribution is -0.123. The van der Waals surface area contributed by atoms with Crippen molar-refractivity contribution in [2.24, 2.45) is 0 Å². The van der Waals surface area contributed by atoms with Crippen molar-refractivity contribution in [3.8, 4) is 0 Å². The molecule has 2 N–H and O–H groups in total. The zero-order chi connectivity index (χ0) is 19.5. The summed E-state index contributed by atoms with van der Waals surface area (Å²) in [6.45, 7) is 3.75. The highest BCUT2D eigenvalue weighted by Crippen LogP contribution is 2.43. The molecule has 3 aromatic rings. The Hall–Kier alpha value is -3.29. The van der Waals surface area contributed by atoms with Crippen molar-refractivity contribution in [2.75, 3.05) is 4.90 Å². The molecule has 1 aliphatic carbocycles. The van der Waals surface area contributed by atoms with E-state index in [0.29, 0.717) is 24.5 Å². The van der Waals surface area contributed by atoms with E-state index in [4.69, 9.17) is 0 Å². The van der Waals surface area contributed by atoms with Gasteiger partial charge in [-0.25, -0.2) is 9.97 Å². The lowest BCUT2D eigenvalue weighted by Crippen LogP contribution is -2.56. The van der Waals surface area contributed by atoms with Crippen LogP contribution in [0.2, 0.25) is 0 Å². The van der Waals surface area contributed by atoms with Crippen molar-refractivity contribution in [1.29, 1.82) is 0 Å². The number of anilines is 1. The van der Waals surface area contributed by atoms with Crippen LogP contribution in [0.4, 0.5) is 5.82 Å². The Bertz CT molecular complexity index is 1070. The van der Waals surface area contributed by atoms with Crippen LogP contribution in [-0.2, 0) is 10.2 Å². The minimum Gasteiger partial charge on any atom is -0.346 e. The average molecular weight is 376 g/mol. The highest BCUT2D eigenvalue weighted by molar-refractivity contribution is 6.06. The molecule has 8 heteroatoms. The fraction of sp³-hybridized carbons (Fsp3) is 0.350. The molecular weight excluding hydrogens is 356 g/mol. The van der Waals surface area contributed by atoms with E-state index in [1.54, 1.807) is 17.3 Å². The number of H-pyrrole nitrogens is 1. The first-order chi connectivity index (χ1) is 13.4. The lowest BCUT2D eigenvalue weighted by atomic mass is 9.84. The summed E-state index contributed by atoms with van der Waals surface area (Å²) in [7, 11) is 0. The SMILES string of the molecule is CC1(C)C(=O)N([C@H]2C[C@@H](NC(=O)c3nc4ccccc4[nH]3)C2)c2nccnc21. The van der Waals surface area contributed by atoms with Gasteiger partial charge in [0.25, 0.3) is 5.91 Å². The van der Waals surface area contributed by atoms with Gasteiger partial charge in [-0.05, 0) is 38.8 Å². The predicted octanol–water partition coefficient (Wildman–Crippen LogP) is 1.94. The van der Waals surface area contributed by atoms with Crippen molar-refractivity contribution in [1.82, 2.24) is 25.3 Å². The van der Waals surface area contributed by atoms with Gasteiger partial charge in [-0.2, -0.15) is 0 Å². The molecule has 1 saturated carbocycles. The Morgan fingerprint density at radius 3 is 2.75 bits per heavy atom. The van der Waals surface area contributed by atoms with Crippen LogP contribution >= 0.6 is 0 Å². The molecule has 2 aromatic heterocycles. The molecule has 2 aliphatic rings. The third kappa shape index (κ3) is 2.41. The first-order valence-corrected chi connectivity index (χ1v) is 9.36. The number of carbonyl (C=O) groups excluding carboxylic acids is 2. The van der Waals surface area contributed by atoms with Crippen LogP contribution in [0.1, 0.15) is 43.0 Å². The van der Waals surface area contributed by atoms with Gasteiger partial charge in [-0.15, -0.1) is 0 Å². The van der Waals surface area contributed by atoms with Gasteiger partial charge >= 0.3 is 0 Å². The zero-order valence-electron chi connectivity index (χ0n) is 15.6. The Morgan fingerprint density at radius 2 is 1.96 bits per heavy atom. The lowest BCUT2D eigenvalue weighted by Gasteiger charge is -2.41. The number of amides is 2. The summed E-state index contributed by atoms with van der Waals surface area (Å²) in [5, 5.41) is 3.00. The molecule has 1 aliphatic heterocycles. The van der Waals surface area contributed by atoms with Gasteiger partial charge in [0.05, 0.1) is 22.1 Å². The van der Waals surface area contributed by atoms with E-state index in [9.17, 15) is 9.59 Å². The fourth-order valence-electron chi connectivity index (χ4n) is 4.02. The normalized spacial score (nSPS) is 22.8. The molecule has 5 rings (SSSR count). The number of hydrogen-bond donors (Lipinski definition) is 2. The number of hydrogen-bond acceptors (Lipinski definition) is 5. The molecule has 0 saturated heterocycles. The minimum absolute atomic E-state index is 0.00217. The van der Waals surface area contributed by atoms with Crippen LogP contribution in [0.5, 0.6) is 0 Å². The molecule has 0 radical (unpaired) electrons. The summed E-state index contributed by atoms with van der Waals surface area (Å²) in [6.07, 6.45) is 4.60. The first kappa shape index (κ1) is 16.9. The molecule has 0 unspecified atom stereocenters. The molecule has 2 amide bonds. The number of carbonyl (C=O) groups is 2. The van der Waals surface area contributed by atoms with E-state index in [-0.39, 0.29) is 23.9 Å². The number of fused-ring (bicyclic) bond motifs is 2. The molecule has 0 spiro atoms. The number of para-hydroxylation sites is 2. The maximum atomic E-state index is 12.9. The highest BCUT2D eigenvalue weighted by atomic mass is 16.2. The summed E-state index contributed by atoms with van der Waals surface area (Å²) < 4.78 is 0. The molecule has 1 fully saturated rings. The molecule has 0 atom stereocenters.